The first-order chi connectivity index (χ1) is 9.65. The van der Waals surface area contributed by atoms with Crippen molar-refractivity contribution in [3.05, 3.63) is 45.4 Å². The Morgan fingerprint density at radius 1 is 1.50 bits per heavy atom. The Labute approximate surface area is 127 Å². The molecule has 1 atom stereocenters. The van der Waals surface area contributed by atoms with Gasteiger partial charge in [-0.15, -0.1) is 11.3 Å². The van der Waals surface area contributed by atoms with Gasteiger partial charge < -0.3 is 15.2 Å². The summed E-state index contributed by atoms with van der Waals surface area (Å²) in [6.45, 7) is 3.35. The van der Waals surface area contributed by atoms with Crippen molar-refractivity contribution in [2.75, 3.05) is 13.2 Å². The van der Waals surface area contributed by atoms with Gasteiger partial charge in [-0.3, -0.25) is 4.98 Å². The SMILES string of the molecule is Cc1cc(OCC(O)CNCc2cncs2)ccc1Cl. The van der Waals surface area contributed by atoms with Crippen LogP contribution < -0.4 is 10.1 Å². The average molecular weight is 313 g/mol. The molecule has 0 radical (unpaired) electrons. The summed E-state index contributed by atoms with van der Waals surface area (Å²) in [5, 5.41) is 13.7. The fourth-order valence-corrected chi connectivity index (χ4v) is 2.33. The van der Waals surface area contributed by atoms with Crippen LogP contribution in [-0.4, -0.2) is 29.3 Å². The standard InChI is InChI=1S/C14H17ClN2O2S/c1-10-4-12(2-3-14(10)15)19-8-11(18)5-16-6-13-7-17-9-20-13/h2-4,7,9,11,16,18H,5-6,8H2,1H3. The zero-order valence-electron chi connectivity index (χ0n) is 11.2. The van der Waals surface area contributed by atoms with E-state index in [0.717, 1.165) is 10.4 Å². The third-order valence-electron chi connectivity index (χ3n) is 2.73. The molecule has 0 saturated carbocycles. The summed E-state index contributed by atoms with van der Waals surface area (Å²) in [4.78, 5) is 5.14. The molecule has 0 aliphatic carbocycles. The Balaban J connectivity index is 1.69. The molecule has 1 aromatic carbocycles. The van der Waals surface area contributed by atoms with E-state index in [0.29, 0.717) is 23.9 Å². The first-order valence-corrected chi connectivity index (χ1v) is 7.56. The average Bonchev–Trinajstić information content (AvgIpc) is 2.93. The molecule has 0 aliphatic heterocycles. The molecule has 4 nitrogen and oxygen atoms in total. The summed E-state index contributed by atoms with van der Waals surface area (Å²) in [5.74, 6) is 0.716. The highest BCUT2D eigenvalue weighted by Gasteiger charge is 2.06. The van der Waals surface area contributed by atoms with Gasteiger partial charge in [0.1, 0.15) is 18.5 Å². The molecule has 2 aromatic rings. The number of aromatic nitrogens is 1. The van der Waals surface area contributed by atoms with Gasteiger partial charge >= 0.3 is 0 Å². The van der Waals surface area contributed by atoms with E-state index in [2.05, 4.69) is 10.3 Å². The zero-order chi connectivity index (χ0) is 14.4. The van der Waals surface area contributed by atoms with Crippen molar-refractivity contribution in [3.8, 4) is 5.75 Å². The van der Waals surface area contributed by atoms with Crippen LogP contribution in [0.15, 0.2) is 29.9 Å². The Morgan fingerprint density at radius 2 is 2.35 bits per heavy atom. The van der Waals surface area contributed by atoms with Gasteiger partial charge in [-0.05, 0) is 30.7 Å². The smallest absolute Gasteiger partial charge is 0.119 e. The quantitative estimate of drug-likeness (QED) is 0.825. The maximum Gasteiger partial charge on any atom is 0.119 e. The minimum atomic E-state index is -0.557. The maximum atomic E-state index is 9.84. The van der Waals surface area contributed by atoms with Crippen molar-refractivity contribution >= 4 is 22.9 Å². The summed E-state index contributed by atoms with van der Waals surface area (Å²) in [6, 6.07) is 5.45. The maximum absolute atomic E-state index is 9.84. The lowest BCUT2D eigenvalue weighted by Gasteiger charge is -2.13. The number of nitrogens with one attached hydrogen (secondary N) is 1. The number of aliphatic hydroxyl groups excluding tert-OH is 1. The molecule has 20 heavy (non-hydrogen) atoms. The van der Waals surface area contributed by atoms with Crippen LogP contribution in [0.3, 0.4) is 0 Å². The van der Waals surface area contributed by atoms with Gasteiger partial charge in [-0.25, -0.2) is 0 Å². The van der Waals surface area contributed by atoms with Gasteiger partial charge in [0.25, 0.3) is 0 Å². The van der Waals surface area contributed by atoms with Gasteiger partial charge in [0.15, 0.2) is 0 Å². The number of benzene rings is 1. The molecule has 0 aliphatic rings. The summed E-state index contributed by atoms with van der Waals surface area (Å²) in [7, 11) is 0. The van der Waals surface area contributed by atoms with Crippen molar-refractivity contribution in [3.63, 3.8) is 0 Å². The number of halogens is 1. The van der Waals surface area contributed by atoms with Crippen LogP contribution in [0.2, 0.25) is 5.02 Å². The highest BCUT2D eigenvalue weighted by atomic mass is 35.5. The number of ether oxygens (including phenoxy) is 1. The number of nitrogens with zero attached hydrogens (tertiary/aromatic N) is 1. The first kappa shape index (κ1) is 15.3. The van der Waals surface area contributed by atoms with E-state index in [-0.39, 0.29) is 6.61 Å². The minimum Gasteiger partial charge on any atom is -0.491 e. The molecule has 1 heterocycles. The fraction of sp³-hybridized carbons (Fsp3) is 0.357. The van der Waals surface area contributed by atoms with Gasteiger partial charge in [0.2, 0.25) is 0 Å². The first-order valence-electron chi connectivity index (χ1n) is 6.30. The molecule has 1 aromatic heterocycles. The fourth-order valence-electron chi connectivity index (χ4n) is 1.65. The van der Waals surface area contributed by atoms with Crippen molar-refractivity contribution in [2.24, 2.45) is 0 Å². The second-order valence-corrected chi connectivity index (χ2v) is 5.85. The van der Waals surface area contributed by atoms with Crippen LogP contribution in [0.5, 0.6) is 5.75 Å². The largest absolute Gasteiger partial charge is 0.491 e. The van der Waals surface area contributed by atoms with E-state index in [4.69, 9.17) is 16.3 Å². The van der Waals surface area contributed by atoms with Crippen LogP contribution in [0.25, 0.3) is 0 Å². The van der Waals surface area contributed by atoms with Crippen LogP contribution >= 0.6 is 22.9 Å². The Morgan fingerprint density at radius 3 is 3.05 bits per heavy atom. The van der Waals surface area contributed by atoms with E-state index >= 15 is 0 Å². The Hall–Kier alpha value is -1.14. The van der Waals surface area contributed by atoms with E-state index in [1.54, 1.807) is 29.0 Å². The van der Waals surface area contributed by atoms with Gasteiger partial charge in [-0.2, -0.15) is 0 Å². The molecular formula is C14H17ClN2O2S. The van der Waals surface area contributed by atoms with Crippen LogP contribution in [-0.2, 0) is 6.54 Å². The van der Waals surface area contributed by atoms with Crippen molar-refractivity contribution < 1.29 is 9.84 Å². The molecule has 0 amide bonds. The number of thiazole rings is 1. The molecule has 2 N–H and O–H groups in total. The normalized spacial score (nSPS) is 12.3. The second kappa shape index (κ2) is 7.59. The highest BCUT2D eigenvalue weighted by molar-refractivity contribution is 7.09. The lowest BCUT2D eigenvalue weighted by Crippen LogP contribution is -2.31. The molecule has 108 valence electrons. The van der Waals surface area contributed by atoms with E-state index in [1.165, 1.54) is 0 Å². The number of rotatable bonds is 7. The van der Waals surface area contributed by atoms with Crippen LogP contribution in [0, 0.1) is 6.92 Å². The number of hydrogen-bond acceptors (Lipinski definition) is 5. The molecular weight excluding hydrogens is 296 g/mol. The predicted molar refractivity (Wildman–Crippen MR) is 81.5 cm³/mol. The van der Waals surface area contributed by atoms with E-state index in [1.807, 2.05) is 19.2 Å². The second-order valence-electron chi connectivity index (χ2n) is 4.47. The van der Waals surface area contributed by atoms with Crippen LogP contribution in [0.1, 0.15) is 10.4 Å². The molecule has 6 heteroatoms. The zero-order valence-corrected chi connectivity index (χ0v) is 12.7. The van der Waals surface area contributed by atoms with E-state index < -0.39 is 6.10 Å². The number of aliphatic hydroxyl groups is 1. The van der Waals surface area contributed by atoms with Gasteiger partial charge in [0, 0.05) is 29.2 Å². The number of aryl methyl sites for hydroxylation is 1. The number of hydrogen-bond donors (Lipinski definition) is 2. The van der Waals surface area contributed by atoms with Gasteiger partial charge in [-0.1, -0.05) is 11.6 Å². The third-order valence-corrected chi connectivity index (χ3v) is 3.94. The molecule has 0 bridgehead atoms. The molecule has 2 rings (SSSR count). The Bertz CT molecular complexity index is 534. The summed E-state index contributed by atoms with van der Waals surface area (Å²) < 4.78 is 5.53. The predicted octanol–water partition coefficient (Wildman–Crippen LogP) is 2.63. The lowest BCUT2D eigenvalue weighted by atomic mass is 10.2. The minimum absolute atomic E-state index is 0.247. The van der Waals surface area contributed by atoms with Crippen molar-refractivity contribution in [1.29, 1.82) is 0 Å². The highest BCUT2D eigenvalue weighted by Crippen LogP contribution is 2.21. The molecule has 0 saturated heterocycles. The lowest BCUT2D eigenvalue weighted by molar-refractivity contribution is 0.106. The summed E-state index contributed by atoms with van der Waals surface area (Å²) in [6.07, 6.45) is 1.26. The van der Waals surface area contributed by atoms with Crippen molar-refractivity contribution in [1.82, 2.24) is 10.3 Å². The third kappa shape index (κ3) is 4.76. The Kier molecular flexibility index (Phi) is 5.79. The van der Waals surface area contributed by atoms with Gasteiger partial charge in [0.05, 0.1) is 5.51 Å². The van der Waals surface area contributed by atoms with E-state index in [9.17, 15) is 5.11 Å². The molecule has 0 fully saturated rings. The molecule has 0 spiro atoms. The van der Waals surface area contributed by atoms with Crippen molar-refractivity contribution in [2.45, 2.75) is 19.6 Å². The monoisotopic (exact) mass is 312 g/mol. The summed E-state index contributed by atoms with van der Waals surface area (Å²) >= 11 is 7.53. The van der Waals surface area contributed by atoms with Crippen LogP contribution in [0.4, 0.5) is 0 Å². The summed E-state index contributed by atoms with van der Waals surface area (Å²) in [5.41, 5.74) is 2.75. The topological polar surface area (TPSA) is 54.4 Å². The molecule has 1 unspecified atom stereocenters.